The lowest BCUT2D eigenvalue weighted by molar-refractivity contribution is 0.187. The number of anilines is 1. The maximum Gasteiger partial charge on any atom is 0.162 e. The molecule has 4 heteroatoms. The zero-order chi connectivity index (χ0) is 13.4. The minimum absolute atomic E-state index is 0.646. The number of ether oxygens (including phenoxy) is 2. The van der Waals surface area contributed by atoms with Crippen LogP contribution in [0.2, 0.25) is 0 Å². The van der Waals surface area contributed by atoms with Gasteiger partial charge in [0, 0.05) is 24.8 Å². The van der Waals surface area contributed by atoms with E-state index in [1.54, 1.807) is 14.2 Å². The summed E-state index contributed by atoms with van der Waals surface area (Å²) in [6.07, 6.45) is 1.23. The van der Waals surface area contributed by atoms with Crippen LogP contribution in [0, 0.1) is 5.92 Å². The Morgan fingerprint density at radius 2 is 1.95 bits per heavy atom. The number of fused-ring (bicyclic) bond motifs is 3. The summed E-state index contributed by atoms with van der Waals surface area (Å²) < 4.78 is 10.8. The van der Waals surface area contributed by atoms with Crippen LogP contribution in [0.3, 0.4) is 0 Å². The molecule has 0 aromatic heterocycles. The third-order valence-corrected chi connectivity index (χ3v) is 4.45. The normalized spacial score (nSPS) is 26.1. The average molecular weight is 262 g/mol. The molecule has 0 amide bonds. The van der Waals surface area contributed by atoms with Crippen molar-refractivity contribution in [3.63, 3.8) is 0 Å². The van der Waals surface area contributed by atoms with Crippen molar-refractivity contribution in [2.24, 2.45) is 5.92 Å². The first-order valence-corrected chi connectivity index (χ1v) is 6.91. The van der Waals surface area contributed by atoms with Gasteiger partial charge in [-0.05, 0) is 43.5 Å². The minimum Gasteiger partial charge on any atom is -0.493 e. The molecule has 0 radical (unpaired) electrons. The summed E-state index contributed by atoms with van der Waals surface area (Å²) in [5.41, 5.74) is 2.60. The Hall–Kier alpha value is -1.42. The van der Waals surface area contributed by atoms with Gasteiger partial charge in [-0.2, -0.15) is 0 Å². The molecule has 104 valence electrons. The molecule has 4 nitrogen and oxygen atoms in total. The van der Waals surface area contributed by atoms with Crippen LogP contribution < -0.4 is 14.8 Å². The largest absolute Gasteiger partial charge is 0.493 e. The second-order valence-electron chi connectivity index (χ2n) is 5.59. The van der Waals surface area contributed by atoms with Gasteiger partial charge < -0.3 is 19.7 Å². The van der Waals surface area contributed by atoms with E-state index in [1.807, 2.05) is 0 Å². The Labute approximate surface area is 114 Å². The Bertz CT molecular complexity index is 475. The molecule has 0 aliphatic carbocycles. The maximum atomic E-state index is 5.44. The molecule has 1 fully saturated rings. The molecule has 19 heavy (non-hydrogen) atoms. The number of rotatable bonds is 2. The van der Waals surface area contributed by atoms with Gasteiger partial charge in [0.2, 0.25) is 0 Å². The molecule has 0 bridgehead atoms. The van der Waals surface area contributed by atoms with E-state index in [-0.39, 0.29) is 0 Å². The van der Waals surface area contributed by atoms with Crippen LogP contribution in [0.5, 0.6) is 11.5 Å². The third-order valence-electron chi connectivity index (χ3n) is 4.45. The summed E-state index contributed by atoms with van der Waals surface area (Å²) >= 11 is 0. The van der Waals surface area contributed by atoms with E-state index in [2.05, 4.69) is 29.4 Å². The topological polar surface area (TPSA) is 33.7 Å². The fourth-order valence-electron chi connectivity index (χ4n) is 3.43. The van der Waals surface area contributed by atoms with Gasteiger partial charge in [-0.25, -0.2) is 0 Å². The van der Waals surface area contributed by atoms with Crippen molar-refractivity contribution in [1.29, 1.82) is 0 Å². The summed E-state index contributed by atoms with van der Waals surface area (Å²) in [6, 6.07) is 4.23. The van der Waals surface area contributed by atoms with Crippen molar-refractivity contribution in [1.82, 2.24) is 4.90 Å². The molecule has 0 saturated carbocycles. The number of piperidine rings is 1. The van der Waals surface area contributed by atoms with Crippen molar-refractivity contribution < 1.29 is 9.47 Å². The summed E-state index contributed by atoms with van der Waals surface area (Å²) in [5.74, 6) is 2.99. The molecule has 2 aliphatic rings. The standard InChI is InChI=1S/C15H22N2O2/c1-17-5-4-11-10(9-17)8-16-13-7-15(19-3)14(18-2)6-12(11)13/h6-7,10-11,16H,4-5,8-9H2,1-3H3. The summed E-state index contributed by atoms with van der Waals surface area (Å²) in [7, 11) is 5.60. The number of methoxy groups -OCH3 is 2. The number of likely N-dealkylation sites (tertiary alicyclic amines) is 1. The summed E-state index contributed by atoms with van der Waals surface area (Å²) in [5, 5.41) is 3.55. The van der Waals surface area contributed by atoms with Crippen LogP contribution >= 0.6 is 0 Å². The van der Waals surface area contributed by atoms with E-state index in [1.165, 1.54) is 30.8 Å². The SMILES string of the molecule is COc1cc2c(cc1OC)C1CCN(C)CC1CN2. The highest BCUT2D eigenvalue weighted by molar-refractivity contribution is 5.63. The fraction of sp³-hybridized carbons (Fsp3) is 0.600. The molecule has 1 N–H and O–H groups in total. The lowest BCUT2D eigenvalue weighted by atomic mass is 9.77. The van der Waals surface area contributed by atoms with Crippen LogP contribution in [-0.4, -0.2) is 45.8 Å². The number of hydrogen-bond acceptors (Lipinski definition) is 4. The molecular formula is C15H22N2O2. The number of nitrogens with one attached hydrogen (secondary N) is 1. The first kappa shape index (κ1) is 12.6. The van der Waals surface area contributed by atoms with Crippen molar-refractivity contribution >= 4 is 5.69 Å². The lowest BCUT2D eigenvalue weighted by Gasteiger charge is -2.41. The van der Waals surface area contributed by atoms with Crippen LogP contribution in [0.25, 0.3) is 0 Å². The Balaban J connectivity index is 1.98. The van der Waals surface area contributed by atoms with Crippen molar-refractivity contribution in [2.45, 2.75) is 12.3 Å². The zero-order valence-corrected chi connectivity index (χ0v) is 11.9. The van der Waals surface area contributed by atoms with Crippen LogP contribution in [0.1, 0.15) is 17.9 Å². The smallest absolute Gasteiger partial charge is 0.162 e. The van der Waals surface area contributed by atoms with E-state index < -0.39 is 0 Å². The van der Waals surface area contributed by atoms with Crippen molar-refractivity contribution in [3.8, 4) is 11.5 Å². The molecule has 3 rings (SSSR count). The zero-order valence-electron chi connectivity index (χ0n) is 11.9. The Morgan fingerprint density at radius 3 is 2.68 bits per heavy atom. The second kappa shape index (κ2) is 4.93. The first-order valence-electron chi connectivity index (χ1n) is 6.91. The van der Waals surface area contributed by atoms with Gasteiger partial charge in [0.15, 0.2) is 11.5 Å². The van der Waals surface area contributed by atoms with E-state index >= 15 is 0 Å². The van der Waals surface area contributed by atoms with Gasteiger partial charge in [0.25, 0.3) is 0 Å². The molecular weight excluding hydrogens is 240 g/mol. The van der Waals surface area contributed by atoms with Gasteiger partial charge in [-0.3, -0.25) is 0 Å². The number of hydrogen-bond donors (Lipinski definition) is 1. The average Bonchev–Trinajstić information content (AvgIpc) is 2.45. The fourth-order valence-corrected chi connectivity index (χ4v) is 3.43. The Morgan fingerprint density at radius 1 is 1.21 bits per heavy atom. The third kappa shape index (κ3) is 2.14. The predicted molar refractivity (Wildman–Crippen MR) is 76.4 cm³/mol. The van der Waals surface area contributed by atoms with E-state index in [4.69, 9.17) is 9.47 Å². The van der Waals surface area contributed by atoms with Gasteiger partial charge >= 0.3 is 0 Å². The highest BCUT2D eigenvalue weighted by Gasteiger charge is 2.34. The highest BCUT2D eigenvalue weighted by Crippen LogP contribution is 2.44. The Kier molecular flexibility index (Phi) is 3.27. The monoisotopic (exact) mass is 262 g/mol. The van der Waals surface area contributed by atoms with Crippen molar-refractivity contribution in [3.05, 3.63) is 17.7 Å². The van der Waals surface area contributed by atoms with Gasteiger partial charge in [-0.1, -0.05) is 0 Å². The quantitative estimate of drug-likeness (QED) is 0.885. The van der Waals surface area contributed by atoms with E-state index in [0.717, 1.165) is 18.0 Å². The molecule has 1 aromatic rings. The molecule has 2 aliphatic heterocycles. The van der Waals surface area contributed by atoms with Crippen LogP contribution in [-0.2, 0) is 0 Å². The predicted octanol–water partition coefficient (Wildman–Crippen LogP) is 2.16. The summed E-state index contributed by atoms with van der Waals surface area (Å²) in [6.45, 7) is 3.40. The number of benzene rings is 1. The first-order chi connectivity index (χ1) is 9.22. The number of nitrogens with zero attached hydrogens (tertiary/aromatic N) is 1. The van der Waals surface area contributed by atoms with Crippen LogP contribution in [0.15, 0.2) is 12.1 Å². The molecule has 0 spiro atoms. The van der Waals surface area contributed by atoms with Gasteiger partial charge in [0.1, 0.15) is 0 Å². The lowest BCUT2D eigenvalue weighted by Crippen LogP contribution is -2.42. The summed E-state index contributed by atoms with van der Waals surface area (Å²) in [4.78, 5) is 2.43. The van der Waals surface area contributed by atoms with Gasteiger partial charge in [-0.15, -0.1) is 0 Å². The van der Waals surface area contributed by atoms with E-state index in [9.17, 15) is 0 Å². The molecule has 2 unspecified atom stereocenters. The van der Waals surface area contributed by atoms with E-state index in [0.29, 0.717) is 11.8 Å². The molecule has 2 atom stereocenters. The second-order valence-corrected chi connectivity index (χ2v) is 5.59. The maximum absolute atomic E-state index is 5.44. The highest BCUT2D eigenvalue weighted by atomic mass is 16.5. The molecule has 2 heterocycles. The van der Waals surface area contributed by atoms with Crippen molar-refractivity contribution in [2.75, 3.05) is 46.2 Å². The molecule has 1 saturated heterocycles. The van der Waals surface area contributed by atoms with Crippen LogP contribution in [0.4, 0.5) is 5.69 Å². The molecule has 1 aromatic carbocycles. The van der Waals surface area contributed by atoms with Gasteiger partial charge in [0.05, 0.1) is 14.2 Å². The minimum atomic E-state index is 0.646.